The molecule has 3 aromatic carbocycles. The molecule has 0 saturated carbocycles. The lowest BCUT2D eigenvalue weighted by Crippen LogP contribution is -2.23. The predicted octanol–water partition coefficient (Wildman–Crippen LogP) is 3.43. The van der Waals surface area contributed by atoms with Crippen LogP contribution in [0.4, 0.5) is 5.69 Å². The van der Waals surface area contributed by atoms with Crippen LogP contribution in [0.5, 0.6) is 5.75 Å². The van der Waals surface area contributed by atoms with Gasteiger partial charge in [0.1, 0.15) is 5.75 Å². The Labute approximate surface area is 164 Å². The van der Waals surface area contributed by atoms with Crippen molar-refractivity contribution in [3.63, 3.8) is 0 Å². The maximum Gasteiger partial charge on any atom is 0.255 e. The summed E-state index contributed by atoms with van der Waals surface area (Å²) >= 11 is 0. The van der Waals surface area contributed by atoms with Crippen molar-refractivity contribution in [2.75, 3.05) is 12.4 Å². The van der Waals surface area contributed by atoms with Crippen LogP contribution in [0.25, 0.3) is 0 Å². The summed E-state index contributed by atoms with van der Waals surface area (Å²) in [6, 6.07) is 22.2. The molecule has 1 amide bonds. The van der Waals surface area contributed by atoms with Crippen molar-refractivity contribution in [2.45, 2.75) is 11.4 Å². The Balaban J connectivity index is 1.82. The van der Waals surface area contributed by atoms with Gasteiger partial charge in [-0.15, -0.1) is 0 Å². The summed E-state index contributed by atoms with van der Waals surface area (Å²) in [7, 11) is -2.31. The highest BCUT2D eigenvalue weighted by Crippen LogP contribution is 2.28. The largest absolute Gasteiger partial charge is 0.495 e. The molecule has 7 heteroatoms. The third-order valence-electron chi connectivity index (χ3n) is 4.07. The van der Waals surface area contributed by atoms with E-state index in [-0.39, 0.29) is 23.0 Å². The van der Waals surface area contributed by atoms with Crippen LogP contribution in [-0.2, 0) is 16.6 Å². The molecular weight excluding hydrogens is 376 g/mol. The van der Waals surface area contributed by atoms with E-state index in [1.54, 1.807) is 24.3 Å². The minimum Gasteiger partial charge on any atom is -0.495 e. The van der Waals surface area contributed by atoms with Crippen LogP contribution in [0, 0.1) is 0 Å². The molecule has 0 heterocycles. The van der Waals surface area contributed by atoms with Gasteiger partial charge in [0.15, 0.2) is 0 Å². The number of rotatable bonds is 7. The van der Waals surface area contributed by atoms with Gasteiger partial charge in [-0.1, -0.05) is 48.5 Å². The molecule has 0 aliphatic carbocycles. The van der Waals surface area contributed by atoms with Gasteiger partial charge in [0.05, 0.1) is 17.7 Å². The normalized spacial score (nSPS) is 11.0. The van der Waals surface area contributed by atoms with Crippen LogP contribution < -0.4 is 14.8 Å². The number of carbonyl (C=O) groups is 1. The van der Waals surface area contributed by atoms with E-state index >= 15 is 0 Å². The Morgan fingerprint density at radius 1 is 0.929 bits per heavy atom. The maximum atomic E-state index is 12.6. The van der Waals surface area contributed by atoms with Crippen molar-refractivity contribution >= 4 is 21.6 Å². The average molecular weight is 396 g/mol. The zero-order valence-corrected chi connectivity index (χ0v) is 16.1. The van der Waals surface area contributed by atoms with E-state index in [0.29, 0.717) is 11.3 Å². The third kappa shape index (κ3) is 4.76. The number of ether oxygens (including phenoxy) is 1. The first kappa shape index (κ1) is 19.6. The second-order valence-corrected chi connectivity index (χ2v) is 7.76. The zero-order chi connectivity index (χ0) is 20.0. The topological polar surface area (TPSA) is 84.5 Å². The highest BCUT2D eigenvalue weighted by Gasteiger charge is 2.18. The number of amides is 1. The fourth-order valence-electron chi connectivity index (χ4n) is 2.59. The van der Waals surface area contributed by atoms with E-state index in [2.05, 4.69) is 10.0 Å². The van der Waals surface area contributed by atoms with E-state index in [0.717, 1.165) is 5.56 Å². The average Bonchev–Trinajstić information content (AvgIpc) is 2.73. The lowest BCUT2D eigenvalue weighted by Gasteiger charge is -2.13. The van der Waals surface area contributed by atoms with Gasteiger partial charge in [-0.25, -0.2) is 13.1 Å². The zero-order valence-electron chi connectivity index (χ0n) is 15.3. The van der Waals surface area contributed by atoms with Crippen molar-refractivity contribution in [3.05, 3.63) is 90.0 Å². The smallest absolute Gasteiger partial charge is 0.255 e. The molecule has 3 rings (SSSR count). The van der Waals surface area contributed by atoms with Gasteiger partial charge in [0.2, 0.25) is 10.0 Å². The summed E-state index contributed by atoms with van der Waals surface area (Å²) in [5.74, 6) is 0.0111. The molecular formula is C21H20N2O4S. The number of sulfonamides is 1. The Kier molecular flexibility index (Phi) is 6.08. The molecule has 0 radical (unpaired) electrons. The molecule has 28 heavy (non-hydrogen) atoms. The number of anilines is 1. The van der Waals surface area contributed by atoms with E-state index in [4.69, 9.17) is 4.74 Å². The summed E-state index contributed by atoms with van der Waals surface area (Å²) < 4.78 is 33.1. The number of carbonyl (C=O) groups excluding carboxylic acids is 1. The molecule has 0 aliphatic rings. The molecule has 144 valence electrons. The Hall–Kier alpha value is -3.16. The fraction of sp³-hybridized carbons (Fsp3) is 0.0952. The summed E-state index contributed by atoms with van der Waals surface area (Å²) in [6.45, 7) is 0.168. The first-order valence-corrected chi connectivity index (χ1v) is 10.1. The van der Waals surface area contributed by atoms with Crippen LogP contribution >= 0.6 is 0 Å². The quantitative estimate of drug-likeness (QED) is 0.641. The second-order valence-electron chi connectivity index (χ2n) is 5.99. The van der Waals surface area contributed by atoms with Gasteiger partial charge in [0.25, 0.3) is 5.91 Å². The third-order valence-corrected chi connectivity index (χ3v) is 5.47. The molecule has 0 aromatic heterocycles. The summed E-state index contributed by atoms with van der Waals surface area (Å²) in [5, 5.41) is 2.71. The van der Waals surface area contributed by atoms with Gasteiger partial charge in [-0.05, 0) is 35.9 Å². The van der Waals surface area contributed by atoms with Crippen molar-refractivity contribution < 1.29 is 17.9 Å². The van der Waals surface area contributed by atoms with E-state index in [9.17, 15) is 13.2 Å². The Bertz CT molecular complexity index is 1050. The van der Waals surface area contributed by atoms with Crippen LogP contribution in [0.1, 0.15) is 15.9 Å². The summed E-state index contributed by atoms with van der Waals surface area (Å²) in [6.07, 6.45) is 0. The molecule has 0 saturated heterocycles. The summed E-state index contributed by atoms with van der Waals surface area (Å²) in [4.78, 5) is 12.5. The molecule has 6 nitrogen and oxygen atoms in total. The minimum atomic E-state index is -3.76. The van der Waals surface area contributed by atoms with E-state index in [1.807, 2.05) is 36.4 Å². The number of benzene rings is 3. The van der Waals surface area contributed by atoms with Crippen LogP contribution in [0.3, 0.4) is 0 Å². The van der Waals surface area contributed by atoms with Gasteiger partial charge >= 0.3 is 0 Å². The molecule has 2 N–H and O–H groups in total. The molecule has 0 unspecified atom stereocenters. The van der Waals surface area contributed by atoms with Crippen LogP contribution in [0.15, 0.2) is 83.8 Å². The monoisotopic (exact) mass is 396 g/mol. The molecule has 0 bridgehead atoms. The second kappa shape index (κ2) is 8.69. The van der Waals surface area contributed by atoms with Crippen molar-refractivity contribution in [3.8, 4) is 5.75 Å². The molecule has 3 aromatic rings. The standard InChI is InChI=1S/C21H20N2O4S/c1-27-20-13-12-18(28(25,26)22-15-16-8-4-2-5-9-16)14-19(20)23-21(24)17-10-6-3-7-11-17/h2-14,22H,15H2,1H3,(H,23,24). The first-order valence-electron chi connectivity index (χ1n) is 8.57. The van der Waals surface area contributed by atoms with Gasteiger partial charge < -0.3 is 10.1 Å². The summed E-state index contributed by atoms with van der Waals surface area (Å²) in [5.41, 5.74) is 1.58. The Morgan fingerprint density at radius 2 is 1.57 bits per heavy atom. The minimum absolute atomic E-state index is 0.0348. The lowest BCUT2D eigenvalue weighted by atomic mass is 10.2. The highest BCUT2D eigenvalue weighted by molar-refractivity contribution is 7.89. The molecule has 0 aliphatic heterocycles. The predicted molar refractivity (Wildman–Crippen MR) is 108 cm³/mol. The van der Waals surface area contributed by atoms with Crippen LogP contribution in [-0.4, -0.2) is 21.4 Å². The Morgan fingerprint density at radius 3 is 2.21 bits per heavy atom. The van der Waals surface area contributed by atoms with Crippen molar-refractivity contribution in [1.82, 2.24) is 4.72 Å². The maximum absolute atomic E-state index is 12.6. The van der Waals surface area contributed by atoms with Gasteiger partial charge in [0, 0.05) is 12.1 Å². The fourth-order valence-corrected chi connectivity index (χ4v) is 3.64. The van der Waals surface area contributed by atoms with Crippen molar-refractivity contribution in [1.29, 1.82) is 0 Å². The number of nitrogens with one attached hydrogen (secondary N) is 2. The number of hydrogen-bond acceptors (Lipinski definition) is 4. The van der Waals surface area contributed by atoms with E-state index in [1.165, 1.54) is 25.3 Å². The SMILES string of the molecule is COc1ccc(S(=O)(=O)NCc2ccccc2)cc1NC(=O)c1ccccc1. The van der Waals surface area contributed by atoms with Gasteiger partial charge in [-0.2, -0.15) is 0 Å². The lowest BCUT2D eigenvalue weighted by molar-refractivity contribution is 0.102. The van der Waals surface area contributed by atoms with E-state index < -0.39 is 10.0 Å². The van der Waals surface area contributed by atoms with Crippen LogP contribution in [0.2, 0.25) is 0 Å². The number of hydrogen-bond donors (Lipinski definition) is 2. The van der Waals surface area contributed by atoms with Gasteiger partial charge in [-0.3, -0.25) is 4.79 Å². The molecule has 0 fully saturated rings. The molecule has 0 atom stereocenters. The number of methoxy groups -OCH3 is 1. The first-order chi connectivity index (χ1) is 13.5. The molecule has 0 spiro atoms. The van der Waals surface area contributed by atoms with Crippen molar-refractivity contribution in [2.24, 2.45) is 0 Å². The highest BCUT2D eigenvalue weighted by atomic mass is 32.2.